The molecule has 1 aromatic heterocycles. The van der Waals surface area contributed by atoms with Crippen molar-refractivity contribution in [2.75, 3.05) is 7.11 Å². The van der Waals surface area contributed by atoms with Gasteiger partial charge in [-0.25, -0.2) is 9.97 Å². The number of imide groups is 1. The highest BCUT2D eigenvalue weighted by molar-refractivity contribution is 8.18. The predicted molar refractivity (Wildman–Crippen MR) is 138 cm³/mol. The molecular formula is C27H28N4O3S. The zero-order valence-electron chi connectivity index (χ0n) is 19.6. The minimum Gasteiger partial charge on any atom is -0.497 e. The van der Waals surface area contributed by atoms with E-state index in [0.717, 1.165) is 62.0 Å². The van der Waals surface area contributed by atoms with Crippen LogP contribution in [0.4, 0.5) is 4.79 Å². The molecule has 2 heterocycles. The van der Waals surface area contributed by atoms with Gasteiger partial charge in [-0.1, -0.05) is 18.2 Å². The first-order valence-electron chi connectivity index (χ1n) is 11.9. The van der Waals surface area contributed by atoms with Crippen LogP contribution in [0.5, 0.6) is 5.75 Å². The van der Waals surface area contributed by atoms with E-state index in [1.165, 1.54) is 16.3 Å². The normalized spacial score (nSPS) is 21.5. The zero-order chi connectivity index (χ0) is 24.2. The van der Waals surface area contributed by atoms with E-state index in [-0.39, 0.29) is 11.1 Å². The van der Waals surface area contributed by atoms with Gasteiger partial charge in [0.15, 0.2) is 0 Å². The van der Waals surface area contributed by atoms with Crippen LogP contribution < -0.4 is 15.4 Å². The van der Waals surface area contributed by atoms with E-state index in [0.29, 0.717) is 22.6 Å². The first-order chi connectivity index (χ1) is 17.1. The molecule has 8 heteroatoms. The first kappa shape index (κ1) is 23.5. The molecule has 2 fully saturated rings. The number of carbonyl (C=O) groups is 2. The molecule has 0 radical (unpaired) electrons. The van der Waals surface area contributed by atoms with Crippen LogP contribution in [0.15, 0.2) is 53.6 Å². The molecule has 2 aromatic carbocycles. The monoisotopic (exact) mass is 488 g/mol. The first-order valence-corrected chi connectivity index (χ1v) is 12.7. The molecule has 2 amide bonds. The number of aromatic nitrogens is 2. The predicted octanol–water partition coefficient (Wildman–Crippen LogP) is 4.85. The summed E-state index contributed by atoms with van der Waals surface area (Å²) in [5, 5.41) is 8.07. The topological polar surface area (TPSA) is 93.2 Å². The fourth-order valence-corrected chi connectivity index (χ4v) is 5.42. The molecule has 1 saturated heterocycles. The number of hydrogen-bond acceptors (Lipinski definition) is 7. The van der Waals surface area contributed by atoms with E-state index in [4.69, 9.17) is 4.74 Å². The number of hydrogen-bond donors (Lipinski definition) is 2. The van der Waals surface area contributed by atoms with Gasteiger partial charge in [-0.2, -0.15) is 0 Å². The van der Waals surface area contributed by atoms with E-state index in [1.54, 1.807) is 25.4 Å². The van der Waals surface area contributed by atoms with Crippen LogP contribution in [-0.2, 0) is 17.8 Å². The number of amides is 2. The minimum atomic E-state index is -0.366. The van der Waals surface area contributed by atoms with Gasteiger partial charge in [0, 0.05) is 25.2 Å². The Kier molecular flexibility index (Phi) is 7.11. The summed E-state index contributed by atoms with van der Waals surface area (Å²) < 4.78 is 5.32. The fourth-order valence-electron chi connectivity index (χ4n) is 4.75. The maximum absolute atomic E-state index is 11.8. The molecule has 1 saturated carbocycles. The SMILES string of the molecule is COc1ccc2cc(CNC3CCC(Cc4nccc(/C=C5\SC(=O)NC5=O)n4)CC3)ccc2c1. The van der Waals surface area contributed by atoms with Gasteiger partial charge in [0.05, 0.1) is 17.7 Å². The van der Waals surface area contributed by atoms with Gasteiger partial charge in [-0.15, -0.1) is 0 Å². The summed E-state index contributed by atoms with van der Waals surface area (Å²) in [7, 11) is 1.69. The number of benzene rings is 2. The van der Waals surface area contributed by atoms with Crippen molar-refractivity contribution in [3.05, 3.63) is 70.6 Å². The van der Waals surface area contributed by atoms with E-state index < -0.39 is 0 Å². The smallest absolute Gasteiger partial charge is 0.290 e. The van der Waals surface area contributed by atoms with Crippen molar-refractivity contribution in [3.63, 3.8) is 0 Å². The molecule has 0 atom stereocenters. The Hall–Kier alpha value is -3.23. The summed E-state index contributed by atoms with van der Waals surface area (Å²) in [6, 6.07) is 15.0. The van der Waals surface area contributed by atoms with Crippen LogP contribution in [-0.4, -0.2) is 34.3 Å². The number of fused-ring (bicyclic) bond motifs is 1. The molecular weight excluding hydrogens is 460 g/mol. The standard InChI is InChI=1S/C27H28N4O3S/c1-34-23-9-6-19-12-18(2-5-20(19)14-23)16-29-21-7-3-17(4-8-21)13-25-28-11-10-22(30-25)15-24-26(32)31-27(33)35-24/h2,5-6,9-12,14-15,17,21,29H,3-4,7-8,13,16H2,1H3,(H,31,32,33)/b24-15-. The molecule has 0 unspecified atom stereocenters. The lowest BCUT2D eigenvalue weighted by Gasteiger charge is -2.29. The number of thioether (sulfide) groups is 1. The summed E-state index contributed by atoms with van der Waals surface area (Å²) in [6.45, 7) is 0.866. The van der Waals surface area contributed by atoms with Crippen LogP contribution in [0.2, 0.25) is 0 Å². The molecule has 5 rings (SSSR count). The van der Waals surface area contributed by atoms with Gasteiger partial charge in [0.25, 0.3) is 11.1 Å². The molecule has 0 spiro atoms. The van der Waals surface area contributed by atoms with Crippen molar-refractivity contribution in [1.82, 2.24) is 20.6 Å². The summed E-state index contributed by atoms with van der Waals surface area (Å²) in [5.74, 6) is 1.86. The van der Waals surface area contributed by atoms with Crippen LogP contribution in [0.3, 0.4) is 0 Å². The Morgan fingerprint density at radius 1 is 1.09 bits per heavy atom. The van der Waals surface area contributed by atoms with Crippen molar-refractivity contribution < 1.29 is 14.3 Å². The quantitative estimate of drug-likeness (QED) is 0.459. The van der Waals surface area contributed by atoms with Gasteiger partial charge in [0.2, 0.25) is 0 Å². The zero-order valence-corrected chi connectivity index (χ0v) is 20.4. The van der Waals surface area contributed by atoms with Gasteiger partial charge >= 0.3 is 0 Å². The lowest BCUT2D eigenvalue weighted by atomic mass is 9.84. The highest BCUT2D eigenvalue weighted by atomic mass is 32.2. The molecule has 2 N–H and O–H groups in total. The molecule has 1 aliphatic heterocycles. The summed E-state index contributed by atoms with van der Waals surface area (Å²) in [6.07, 6.45) is 8.75. The number of nitrogens with zero attached hydrogens (tertiary/aromatic N) is 2. The second-order valence-electron chi connectivity index (χ2n) is 9.10. The minimum absolute atomic E-state index is 0.345. The second kappa shape index (κ2) is 10.6. The van der Waals surface area contributed by atoms with Gasteiger partial charge < -0.3 is 10.1 Å². The highest BCUT2D eigenvalue weighted by Gasteiger charge is 2.25. The van der Waals surface area contributed by atoms with E-state index in [1.807, 2.05) is 6.07 Å². The molecule has 180 valence electrons. The molecule has 7 nitrogen and oxygen atoms in total. The van der Waals surface area contributed by atoms with Crippen molar-refractivity contribution in [1.29, 1.82) is 0 Å². The maximum Gasteiger partial charge on any atom is 0.290 e. The Morgan fingerprint density at radius 2 is 1.89 bits per heavy atom. The molecule has 0 bridgehead atoms. The number of methoxy groups -OCH3 is 1. The number of rotatable bonds is 7. The van der Waals surface area contributed by atoms with E-state index >= 15 is 0 Å². The Bertz CT molecular complexity index is 1280. The van der Waals surface area contributed by atoms with Crippen LogP contribution in [0.25, 0.3) is 16.8 Å². The number of nitrogens with one attached hydrogen (secondary N) is 2. The van der Waals surface area contributed by atoms with E-state index in [9.17, 15) is 9.59 Å². The summed E-state index contributed by atoms with van der Waals surface area (Å²) in [4.78, 5) is 32.5. The van der Waals surface area contributed by atoms with Crippen LogP contribution in [0, 0.1) is 5.92 Å². The molecule has 3 aromatic rings. The van der Waals surface area contributed by atoms with Crippen molar-refractivity contribution in [2.24, 2.45) is 5.92 Å². The summed E-state index contributed by atoms with van der Waals surface area (Å²) >= 11 is 0.904. The molecule has 2 aliphatic rings. The van der Waals surface area contributed by atoms with Crippen molar-refractivity contribution in [2.45, 2.75) is 44.7 Å². The molecule has 1 aliphatic carbocycles. The van der Waals surface area contributed by atoms with Crippen LogP contribution >= 0.6 is 11.8 Å². The Morgan fingerprint density at radius 3 is 2.66 bits per heavy atom. The third-order valence-corrected chi connectivity index (χ3v) is 7.48. The van der Waals surface area contributed by atoms with Crippen LogP contribution in [0.1, 0.15) is 42.8 Å². The number of ether oxygens (including phenoxy) is 1. The second-order valence-corrected chi connectivity index (χ2v) is 10.1. The maximum atomic E-state index is 11.8. The van der Waals surface area contributed by atoms with Gasteiger partial charge in [-0.3, -0.25) is 14.9 Å². The lowest BCUT2D eigenvalue weighted by molar-refractivity contribution is -0.115. The average molecular weight is 489 g/mol. The lowest BCUT2D eigenvalue weighted by Crippen LogP contribution is -2.33. The highest BCUT2D eigenvalue weighted by Crippen LogP contribution is 2.28. The van der Waals surface area contributed by atoms with Gasteiger partial charge in [0.1, 0.15) is 11.6 Å². The summed E-state index contributed by atoms with van der Waals surface area (Å²) in [5.41, 5.74) is 1.95. The Balaban J connectivity index is 1.11. The fraction of sp³-hybridized carbons (Fsp3) is 0.333. The number of carbonyl (C=O) groups excluding carboxylic acids is 2. The third-order valence-electron chi connectivity index (χ3n) is 6.67. The van der Waals surface area contributed by atoms with Crippen molar-refractivity contribution >= 4 is 39.8 Å². The third kappa shape index (κ3) is 5.89. The van der Waals surface area contributed by atoms with E-state index in [2.05, 4.69) is 50.9 Å². The average Bonchev–Trinajstić information content (AvgIpc) is 3.19. The van der Waals surface area contributed by atoms with Crippen molar-refractivity contribution in [3.8, 4) is 5.75 Å². The Labute approximate surface area is 208 Å². The van der Waals surface area contributed by atoms with Gasteiger partial charge in [-0.05, 0) is 90.0 Å². The largest absolute Gasteiger partial charge is 0.497 e. The molecule has 35 heavy (non-hydrogen) atoms.